The monoisotopic (exact) mass is 262 g/mol. The first-order valence-corrected chi connectivity index (χ1v) is 5.86. The summed E-state index contributed by atoms with van der Waals surface area (Å²) >= 11 is 0. The van der Waals surface area contributed by atoms with Crippen molar-refractivity contribution in [2.24, 2.45) is 0 Å². The lowest BCUT2D eigenvalue weighted by Crippen LogP contribution is -2.08. The van der Waals surface area contributed by atoms with E-state index < -0.39 is 5.82 Å². The Labute approximate surface area is 110 Å². The number of amides is 1. The minimum Gasteiger partial charge on any atom is -0.381 e. The Hall–Kier alpha value is -2.37. The zero-order valence-corrected chi connectivity index (χ0v) is 10.7. The number of anilines is 2. The van der Waals surface area contributed by atoms with Gasteiger partial charge in [-0.2, -0.15) is 5.10 Å². The van der Waals surface area contributed by atoms with E-state index in [2.05, 4.69) is 20.8 Å². The van der Waals surface area contributed by atoms with E-state index in [9.17, 15) is 9.18 Å². The van der Waals surface area contributed by atoms with Crippen molar-refractivity contribution in [1.82, 2.24) is 10.2 Å². The number of aromatic nitrogens is 2. The van der Waals surface area contributed by atoms with Crippen molar-refractivity contribution in [1.29, 1.82) is 0 Å². The van der Waals surface area contributed by atoms with Gasteiger partial charge in [0.2, 0.25) is 5.91 Å². The molecule has 0 saturated carbocycles. The molecule has 1 aromatic heterocycles. The summed E-state index contributed by atoms with van der Waals surface area (Å²) in [6, 6.07) is 4.50. The minimum absolute atomic E-state index is 0.168. The second-order valence-corrected chi connectivity index (χ2v) is 4.25. The number of H-pyrrole nitrogens is 1. The molecule has 0 aliphatic carbocycles. The van der Waals surface area contributed by atoms with Gasteiger partial charge in [-0.05, 0) is 25.1 Å². The number of carbonyl (C=O) groups excluding carboxylic acids is 1. The van der Waals surface area contributed by atoms with Crippen molar-refractivity contribution in [3.63, 3.8) is 0 Å². The summed E-state index contributed by atoms with van der Waals surface area (Å²) in [5.41, 5.74) is 2.91. The van der Waals surface area contributed by atoms with Crippen LogP contribution in [0.4, 0.5) is 15.8 Å². The van der Waals surface area contributed by atoms with Crippen LogP contribution in [0.2, 0.25) is 0 Å². The topological polar surface area (TPSA) is 69.8 Å². The first kappa shape index (κ1) is 13.1. The molecule has 6 heteroatoms. The maximum absolute atomic E-state index is 13.5. The number of nitrogens with zero attached hydrogens (tertiary/aromatic N) is 1. The fourth-order valence-electron chi connectivity index (χ4n) is 1.67. The summed E-state index contributed by atoms with van der Waals surface area (Å²) < 4.78 is 13.5. The predicted octanol–water partition coefficient (Wildman–Crippen LogP) is 2.43. The van der Waals surface area contributed by atoms with Crippen molar-refractivity contribution in [3.8, 4) is 0 Å². The van der Waals surface area contributed by atoms with Crippen LogP contribution in [0, 0.1) is 12.7 Å². The van der Waals surface area contributed by atoms with Gasteiger partial charge in [-0.25, -0.2) is 4.39 Å². The van der Waals surface area contributed by atoms with E-state index in [0.717, 1.165) is 16.9 Å². The smallest absolute Gasteiger partial charge is 0.221 e. The van der Waals surface area contributed by atoms with Crippen LogP contribution in [0.3, 0.4) is 0 Å². The van der Waals surface area contributed by atoms with Crippen LogP contribution in [0.1, 0.15) is 18.2 Å². The molecule has 1 heterocycles. The largest absolute Gasteiger partial charge is 0.381 e. The minimum atomic E-state index is -0.458. The standard InChI is InChI=1S/C13H15FN4O/c1-8-10(7-16-18-8)6-15-11-3-4-12(14)13(5-11)17-9(2)19/h3-5,7,15H,6H2,1-2H3,(H,16,18)(H,17,19). The Kier molecular flexibility index (Phi) is 3.79. The molecule has 0 unspecified atom stereocenters. The molecule has 0 fully saturated rings. The number of hydrogen-bond acceptors (Lipinski definition) is 3. The number of aromatic amines is 1. The number of aryl methyl sites for hydroxylation is 1. The fourth-order valence-corrected chi connectivity index (χ4v) is 1.67. The highest BCUT2D eigenvalue weighted by Gasteiger charge is 2.06. The third-order valence-electron chi connectivity index (χ3n) is 2.69. The molecule has 2 rings (SSSR count). The van der Waals surface area contributed by atoms with Crippen LogP contribution in [0.25, 0.3) is 0 Å². The van der Waals surface area contributed by atoms with Gasteiger partial charge in [0.25, 0.3) is 0 Å². The number of benzene rings is 1. The van der Waals surface area contributed by atoms with Crippen LogP contribution >= 0.6 is 0 Å². The molecule has 100 valence electrons. The normalized spacial score (nSPS) is 10.3. The summed E-state index contributed by atoms with van der Waals surface area (Å²) in [5, 5.41) is 12.4. The third-order valence-corrected chi connectivity index (χ3v) is 2.69. The second kappa shape index (κ2) is 5.51. The van der Waals surface area contributed by atoms with E-state index in [1.165, 1.54) is 13.0 Å². The van der Waals surface area contributed by atoms with Gasteiger partial charge in [-0.1, -0.05) is 0 Å². The van der Waals surface area contributed by atoms with Crippen LogP contribution in [0.15, 0.2) is 24.4 Å². The van der Waals surface area contributed by atoms with Crippen molar-refractivity contribution in [3.05, 3.63) is 41.5 Å². The Morgan fingerprint density at radius 1 is 1.47 bits per heavy atom. The van der Waals surface area contributed by atoms with Gasteiger partial charge in [0.05, 0.1) is 11.9 Å². The second-order valence-electron chi connectivity index (χ2n) is 4.25. The Morgan fingerprint density at radius 3 is 2.89 bits per heavy atom. The van der Waals surface area contributed by atoms with Crippen LogP contribution in [-0.4, -0.2) is 16.1 Å². The highest BCUT2D eigenvalue weighted by Crippen LogP contribution is 2.20. The lowest BCUT2D eigenvalue weighted by atomic mass is 10.2. The predicted molar refractivity (Wildman–Crippen MR) is 71.4 cm³/mol. The molecule has 1 amide bonds. The zero-order valence-electron chi connectivity index (χ0n) is 10.7. The highest BCUT2D eigenvalue weighted by molar-refractivity contribution is 5.89. The van der Waals surface area contributed by atoms with E-state index in [-0.39, 0.29) is 11.6 Å². The Balaban J connectivity index is 2.08. The maximum atomic E-state index is 13.5. The molecule has 0 radical (unpaired) electrons. The summed E-state index contributed by atoms with van der Waals surface area (Å²) in [6.45, 7) is 3.85. The van der Waals surface area contributed by atoms with Gasteiger partial charge >= 0.3 is 0 Å². The van der Waals surface area contributed by atoms with E-state index >= 15 is 0 Å². The molecule has 3 N–H and O–H groups in total. The maximum Gasteiger partial charge on any atom is 0.221 e. The van der Waals surface area contributed by atoms with Crippen LogP contribution in [0.5, 0.6) is 0 Å². The molecule has 19 heavy (non-hydrogen) atoms. The number of halogens is 1. The van der Waals surface area contributed by atoms with Crippen molar-refractivity contribution in [2.45, 2.75) is 20.4 Å². The van der Waals surface area contributed by atoms with Gasteiger partial charge in [-0.15, -0.1) is 0 Å². The van der Waals surface area contributed by atoms with Gasteiger partial charge in [0.15, 0.2) is 0 Å². The quantitative estimate of drug-likeness (QED) is 0.792. The molecule has 2 aromatic rings. The molecule has 0 saturated heterocycles. The van der Waals surface area contributed by atoms with Crippen molar-refractivity contribution < 1.29 is 9.18 Å². The summed E-state index contributed by atoms with van der Waals surface area (Å²) in [6.07, 6.45) is 1.74. The van der Waals surface area contributed by atoms with Crippen LogP contribution < -0.4 is 10.6 Å². The summed E-state index contributed by atoms with van der Waals surface area (Å²) in [5.74, 6) is -0.762. The summed E-state index contributed by atoms with van der Waals surface area (Å²) in [4.78, 5) is 11.0. The van der Waals surface area contributed by atoms with Crippen molar-refractivity contribution in [2.75, 3.05) is 10.6 Å². The van der Waals surface area contributed by atoms with E-state index in [4.69, 9.17) is 0 Å². The van der Waals surface area contributed by atoms with Crippen LogP contribution in [-0.2, 0) is 11.3 Å². The average molecular weight is 262 g/mol. The Morgan fingerprint density at radius 2 is 2.26 bits per heavy atom. The zero-order chi connectivity index (χ0) is 13.8. The SMILES string of the molecule is CC(=O)Nc1cc(NCc2cn[nH]c2C)ccc1F. The summed E-state index contributed by atoms with van der Waals surface area (Å²) in [7, 11) is 0. The van der Waals surface area contributed by atoms with E-state index in [0.29, 0.717) is 6.54 Å². The Bertz CT molecular complexity index is 594. The average Bonchev–Trinajstić information content (AvgIpc) is 2.75. The molecule has 0 spiro atoms. The first-order valence-electron chi connectivity index (χ1n) is 5.86. The van der Waals surface area contributed by atoms with Gasteiger partial charge in [0.1, 0.15) is 5.82 Å². The van der Waals surface area contributed by atoms with Gasteiger partial charge in [-0.3, -0.25) is 9.89 Å². The highest BCUT2D eigenvalue weighted by atomic mass is 19.1. The first-order chi connectivity index (χ1) is 9.06. The molecule has 0 aliphatic rings. The fraction of sp³-hybridized carbons (Fsp3) is 0.231. The molecular formula is C13H15FN4O. The number of carbonyl (C=O) groups is 1. The molecule has 1 aromatic carbocycles. The number of rotatable bonds is 4. The molecular weight excluding hydrogens is 247 g/mol. The van der Waals surface area contributed by atoms with E-state index in [1.807, 2.05) is 6.92 Å². The molecule has 5 nitrogen and oxygen atoms in total. The number of hydrogen-bond donors (Lipinski definition) is 3. The van der Waals surface area contributed by atoms with Crippen molar-refractivity contribution >= 4 is 17.3 Å². The molecule has 0 aliphatic heterocycles. The van der Waals surface area contributed by atoms with E-state index in [1.54, 1.807) is 18.3 Å². The molecule has 0 atom stereocenters. The van der Waals surface area contributed by atoms with Gasteiger partial charge < -0.3 is 10.6 Å². The third kappa shape index (κ3) is 3.31. The lowest BCUT2D eigenvalue weighted by molar-refractivity contribution is -0.114. The lowest BCUT2D eigenvalue weighted by Gasteiger charge is -2.09. The molecule has 0 bridgehead atoms. The number of nitrogens with one attached hydrogen (secondary N) is 3. The van der Waals surface area contributed by atoms with Gasteiger partial charge in [0, 0.05) is 30.4 Å².